The van der Waals surface area contributed by atoms with Crippen LogP contribution in [0.3, 0.4) is 0 Å². The molecule has 29 heavy (non-hydrogen) atoms. The maximum atomic E-state index is 3.98. The first kappa shape index (κ1) is 20.2. The van der Waals surface area contributed by atoms with Crippen molar-refractivity contribution in [3.05, 3.63) is 84.0 Å². The second-order valence-electron chi connectivity index (χ2n) is 9.21. The second-order valence-corrected chi connectivity index (χ2v) is 9.21. The highest BCUT2D eigenvalue weighted by molar-refractivity contribution is 5.65. The monoisotopic (exact) mass is 384 g/mol. The van der Waals surface area contributed by atoms with Gasteiger partial charge in [0.1, 0.15) is 0 Å². The van der Waals surface area contributed by atoms with E-state index in [9.17, 15) is 0 Å². The molecule has 0 aromatic heterocycles. The van der Waals surface area contributed by atoms with Crippen LogP contribution in [0.25, 0.3) is 11.1 Å². The summed E-state index contributed by atoms with van der Waals surface area (Å²) in [6.07, 6.45) is 18.3. The molecule has 2 aliphatic rings. The molecule has 2 aromatic rings. The standard InChI is InChI=1S/C29H36/c1-3-5-6-7-23-10-13-29-21-28(19-18-27(29)20-23)26-16-14-25(15-17-26)24-11-8-22(4-2)9-12-24/h3-5,14-19,21-24H,2,6-13,20H2,1H3/b5-3+. The van der Waals surface area contributed by atoms with Crippen molar-refractivity contribution in [2.75, 3.05) is 0 Å². The van der Waals surface area contributed by atoms with Crippen LogP contribution < -0.4 is 0 Å². The van der Waals surface area contributed by atoms with Gasteiger partial charge in [0.2, 0.25) is 0 Å². The molecule has 0 nitrogen and oxygen atoms in total. The van der Waals surface area contributed by atoms with Crippen LogP contribution in [0.1, 0.15) is 74.5 Å². The largest absolute Gasteiger partial charge is 0.103 e. The fraction of sp³-hybridized carbons (Fsp3) is 0.448. The lowest BCUT2D eigenvalue weighted by molar-refractivity contribution is 0.376. The fourth-order valence-corrected chi connectivity index (χ4v) is 5.39. The molecule has 2 aromatic carbocycles. The van der Waals surface area contributed by atoms with E-state index in [1.807, 2.05) is 0 Å². The molecule has 1 saturated carbocycles. The van der Waals surface area contributed by atoms with E-state index in [1.54, 1.807) is 11.1 Å². The van der Waals surface area contributed by atoms with Crippen molar-refractivity contribution in [3.8, 4) is 11.1 Å². The number of aryl methyl sites for hydroxylation is 1. The van der Waals surface area contributed by atoms with Gasteiger partial charge < -0.3 is 0 Å². The van der Waals surface area contributed by atoms with Gasteiger partial charge in [0.05, 0.1) is 0 Å². The number of fused-ring (bicyclic) bond motifs is 1. The number of hydrogen-bond acceptors (Lipinski definition) is 0. The van der Waals surface area contributed by atoms with Gasteiger partial charge in [0.15, 0.2) is 0 Å². The molecule has 4 rings (SSSR count). The van der Waals surface area contributed by atoms with E-state index in [-0.39, 0.29) is 0 Å². The van der Waals surface area contributed by atoms with Crippen molar-refractivity contribution in [3.63, 3.8) is 0 Å². The fourth-order valence-electron chi connectivity index (χ4n) is 5.39. The van der Waals surface area contributed by atoms with Gasteiger partial charge in [-0.1, -0.05) is 60.7 Å². The lowest BCUT2D eigenvalue weighted by Gasteiger charge is -2.27. The average molecular weight is 385 g/mol. The SMILES string of the molecule is C=CC1CCC(c2ccc(-c3ccc4c(c3)CCC(CC/C=C/C)C4)cc2)CC1. The van der Waals surface area contributed by atoms with E-state index in [0.717, 1.165) is 17.8 Å². The predicted molar refractivity (Wildman–Crippen MR) is 126 cm³/mol. The molecule has 2 aliphatic carbocycles. The highest BCUT2D eigenvalue weighted by Crippen LogP contribution is 2.37. The Balaban J connectivity index is 1.41. The molecule has 1 unspecified atom stereocenters. The Hall–Kier alpha value is -2.08. The van der Waals surface area contributed by atoms with Gasteiger partial charge in [-0.2, -0.15) is 0 Å². The maximum absolute atomic E-state index is 3.98. The first-order valence-corrected chi connectivity index (χ1v) is 11.7. The van der Waals surface area contributed by atoms with E-state index in [1.165, 1.54) is 74.5 Å². The molecule has 0 amide bonds. The molecule has 1 atom stereocenters. The van der Waals surface area contributed by atoms with Gasteiger partial charge in [-0.05, 0) is 110 Å². The molecule has 1 fully saturated rings. The predicted octanol–water partition coefficient (Wildman–Crippen LogP) is 8.27. The summed E-state index contributed by atoms with van der Waals surface area (Å²) in [6.45, 7) is 6.10. The summed E-state index contributed by atoms with van der Waals surface area (Å²) in [6, 6.07) is 16.7. The molecule has 0 aliphatic heterocycles. The molecule has 0 heterocycles. The van der Waals surface area contributed by atoms with Crippen LogP contribution in [0.2, 0.25) is 0 Å². The molecule has 0 bridgehead atoms. The Kier molecular flexibility index (Phi) is 6.70. The van der Waals surface area contributed by atoms with E-state index in [0.29, 0.717) is 0 Å². The van der Waals surface area contributed by atoms with Crippen LogP contribution >= 0.6 is 0 Å². The van der Waals surface area contributed by atoms with Gasteiger partial charge in [-0.3, -0.25) is 0 Å². The molecule has 0 saturated heterocycles. The summed E-state index contributed by atoms with van der Waals surface area (Å²) < 4.78 is 0. The molecular weight excluding hydrogens is 348 g/mol. The summed E-state index contributed by atoms with van der Waals surface area (Å²) in [5.41, 5.74) is 7.44. The van der Waals surface area contributed by atoms with Crippen molar-refractivity contribution < 1.29 is 0 Å². The van der Waals surface area contributed by atoms with Gasteiger partial charge in [-0.25, -0.2) is 0 Å². The molecule has 0 heteroatoms. The Morgan fingerprint density at radius 2 is 1.66 bits per heavy atom. The zero-order chi connectivity index (χ0) is 20.1. The molecule has 0 spiro atoms. The first-order valence-electron chi connectivity index (χ1n) is 11.7. The Morgan fingerprint density at radius 3 is 2.38 bits per heavy atom. The highest BCUT2D eigenvalue weighted by atomic mass is 14.3. The van der Waals surface area contributed by atoms with Gasteiger partial charge in [-0.15, -0.1) is 6.58 Å². The zero-order valence-corrected chi connectivity index (χ0v) is 18.1. The van der Waals surface area contributed by atoms with Crippen LogP contribution in [0.5, 0.6) is 0 Å². The summed E-state index contributed by atoms with van der Waals surface area (Å²) in [5, 5.41) is 0. The van der Waals surface area contributed by atoms with Gasteiger partial charge in [0, 0.05) is 0 Å². The maximum Gasteiger partial charge on any atom is -0.0162 e. The van der Waals surface area contributed by atoms with Gasteiger partial charge in [0.25, 0.3) is 0 Å². The summed E-state index contributed by atoms with van der Waals surface area (Å²) in [5.74, 6) is 2.34. The third-order valence-electron chi connectivity index (χ3n) is 7.33. The van der Waals surface area contributed by atoms with Crippen LogP contribution in [0.15, 0.2) is 67.3 Å². The Morgan fingerprint density at radius 1 is 0.897 bits per heavy atom. The average Bonchev–Trinajstić information content (AvgIpc) is 2.79. The quantitative estimate of drug-likeness (QED) is 0.440. The minimum absolute atomic E-state index is 0.739. The van der Waals surface area contributed by atoms with Crippen molar-refractivity contribution in [1.29, 1.82) is 0 Å². The lowest BCUT2D eigenvalue weighted by atomic mass is 9.78. The topological polar surface area (TPSA) is 0 Å². The van der Waals surface area contributed by atoms with Crippen molar-refractivity contribution in [1.82, 2.24) is 0 Å². The number of rotatable bonds is 6. The van der Waals surface area contributed by atoms with Crippen molar-refractivity contribution in [2.24, 2.45) is 11.8 Å². The third-order valence-corrected chi connectivity index (χ3v) is 7.33. The van der Waals surface area contributed by atoms with E-state index < -0.39 is 0 Å². The zero-order valence-electron chi connectivity index (χ0n) is 18.1. The third kappa shape index (κ3) is 4.92. The first-order chi connectivity index (χ1) is 14.3. The van der Waals surface area contributed by atoms with Crippen LogP contribution in [0.4, 0.5) is 0 Å². The number of hydrogen-bond donors (Lipinski definition) is 0. The molecule has 0 radical (unpaired) electrons. The smallest absolute Gasteiger partial charge is 0.0162 e. The lowest BCUT2D eigenvalue weighted by Crippen LogP contribution is -2.14. The van der Waals surface area contributed by atoms with Crippen molar-refractivity contribution in [2.45, 2.75) is 70.6 Å². The normalized spacial score (nSPS) is 24.4. The summed E-state index contributed by atoms with van der Waals surface area (Å²) in [4.78, 5) is 0. The molecule has 152 valence electrons. The second kappa shape index (κ2) is 9.61. The number of allylic oxidation sites excluding steroid dienone is 3. The van der Waals surface area contributed by atoms with E-state index in [2.05, 4.69) is 74.2 Å². The van der Waals surface area contributed by atoms with Crippen LogP contribution in [0, 0.1) is 11.8 Å². The van der Waals surface area contributed by atoms with Crippen LogP contribution in [-0.4, -0.2) is 0 Å². The summed E-state index contributed by atoms with van der Waals surface area (Å²) >= 11 is 0. The summed E-state index contributed by atoms with van der Waals surface area (Å²) in [7, 11) is 0. The molecule has 0 N–H and O–H groups in total. The highest BCUT2D eigenvalue weighted by Gasteiger charge is 2.21. The Bertz CT molecular complexity index is 831. The van der Waals surface area contributed by atoms with Gasteiger partial charge >= 0.3 is 0 Å². The minimum Gasteiger partial charge on any atom is -0.103 e. The van der Waals surface area contributed by atoms with E-state index >= 15 is 0 Å². The van der Waals surface area contributed by atoms with Crippen molar-refractivity contribution >= 4 is 0 Å². The Labute approximate surface area is 177 Å². The minimum atomic E-state index is 0.739. The molecular formula is C29H36. The number of benzene rings is 2. The van der Waals surface area contributed by atoms with E-state index in [4.69, 9.17) is 0 Å². The van der Waals surface area contributed by atoms with Crippen LogP contribution in [-0.2, 0) is 12.8 Å².